The highest BCUT2D eigenvalue weighted by Crippen LogP contribution is 2.32. The summed E-state index contributed by atoms with van der Waals surface area (Å²) in [5, 5.41) is -0.490. The minimum Gasteiger partial charge on any atom is -0.420 e. The third kappa shape index (κ3) is 5.34. The van der Waals surface area contributed by atoms with Crippen LogP contribution in [0.1, 0.15) is 32.4 Å². The molecule has 0 atom stereocenters. The maximum atomic E-state index is 14.2. The molecule has 0 aliphatic carbocycles. The summed E-state index contributed by atoms with van der Waals surface area (Å²) in [4.78, 5) is 20.3. The van der Waals surface area contributed by atoms with Crippen molar-refractivity contribution in [3.05, 3.63) is 69.5 Å². The largest absolute Gasteiger partial charge is 0.420 e. The van der Waals surface area contributed by atoms with E-state index in [0.29, 0.717) is 24.1 Å². The van der Waals surface area contributed by atoms with E-state index in [4.69, 9.17) is 16.3 Å². The summed E-state index contributed by atoms with van der Waals surface area (Å²) in [5.74, 6) is -1.30. The summed E-state index contributed by atoms with van der Waals surface area (Å²) in [5.41, 5.74) is 0.847. The molecule has 0 amide bonds. The molecule has 1 aromatic carbocycles. The van der Waals surface area contributed by atoms with Crippen molar-refractivity contribution in [3.8, 4) is 23.0 Å². The average molecular weight is 480 g/mol. The van der Waals surface area contributed by atoms with Gasteiger partial charge in [0.2, 0.25) is 5.56 Å². The molecule has 7 nitrogen and oxygen atoms in total. The highest BCUT2D eigenvalue weighted by molar-refractivity contribution is 7.91. The average Bonchev–Trinajstić information content (AvgIpc) is 2.73. The first kappa shape index (κ1) is 23.9. The summed E-state index contributed by atoms with van der Waals surface area (Å²) in [6.07, 6.45) is 2.52. The minimum atomic E-state index is -3.50. The molecule has 32 heavy (non-hydrogen) atoms. The van der Waals surface area contributed by atoms with E-state index < -0.39 is 20.9 Å². The Labute approximate surface area is 190 Å². The van der Waals surface area contributed by atoms with Gasteiger partial charge in [-0.15, -0.1) is 0 Å². The molecule has 0 saturated carbocycles. The van der Waals surface area contributed by atoms with Gasteiger partial charge in [-0.25, -0.2) is 12.8 Å². The molecule has 0 spiro atoms. The SMILES string of the molecule is CCC(CC)S(=O)(=O)Cc1cc(-c2ccc(=O)n(C)c2)nc(Oc2c(F)cccc2Cl)n1. The summed E-state index contributed by atoms with van der Waals surface area (Å²) >= 11 is 6.05. The zero-order chi connectivity index (χ0) is 23.5. The predicted octanol–water partition coefficient (Wildman–Crippen LogP) is 4.53. The second-order valence-electron chi connectivity index (χ2n) is 7.29. The second kappa shape index (κ2) is 9.79. The number of pyridine rings is 1. The fraction of sp³-hybridized carbons (Fsp3) is 0.318. The van der Waals surface area contributed by atoms with Crippen molar-refractivity contribution in [1.82, 2.24) is 14.5 Å². The number of sulfone groups is 1. The van der Waals surface area contributed by atoms with Crippen LogP contribution < -0.4 is 10.3 Å². The van der Waals surface area contributed by atoms with E-state index in [2.05, 4.69) is 9.97 Å². The quantitative estimate of drug-likeness (QED) is 0.471. The highest BCUT2D eigenvalue weighted by atomic mass is 35.5. The van der Waals surface area contributed by atoms with Gasteiger partial charge in [0.15, 0.2) is 21.4 Å². The number of aryl methyl sites for hydroxylation is 1. The molecule has 0 N–H and O–H groups in total. The van der Waals surface area contributed by atoms with Gasteiger partial charge in [-0.1, -0.05) is 31.5 Å². The van der Waals surface area contributed by atoms with Gasteiger partial charge in [-0.3, -0.25) is 4.79 Å². The Morgan fingerprint density at radius 1 is 1.16 bits per heavy atom. The van der Waals surface area contributed by atoms with Gasteiger partial charge in [0.25, 0.3) is 0 Å². The normalized spacial score (nSPS) is 11.7. The zero-order valence-electron chi connectivity index (χ0n) is 17.9. The first-order chi connectivity index (χ1) is 15.1. The maximum absolute atomic E-state index is 14.2. The van der Waals surface area contributed by atoms with Crippen LogP contribution in [-0.4, -0.2) is 28.2 Å². The number of hydrogen-bond acceptors (Lipinski definition) is 6. The number of nitrogens with zero attached hydrogens (tertiary/aromatic N) is 3. The summed E-state index contributed by atoms with van der Waals surface area (Å²) in [6.45, 7) is 3.63. The van der Waals surface area contributed by atoms with Crippen LogP contribution in [0, 0.1) is 5.82 Å². The molecule has 10 heteroatoms. The van der Waals surface area contributed by atoms with Crippen molar-refractivity contribution in [2.45, 2.75) is 37.7 Å². The Morgan fingerprint density at radius 3 is 2.50 bits per heavy atom. The smallest absolute Gasteiger partial charge is 0.322 e. The topological polar surface area (TPSA) is 91.2 Å². The Hall–Kier alpha value is -2.78. The van der Waals surface area contributed by atoms with E-state index in [1.807, 2.05) is 13.8 Å². The van der Waals surface area contributed by atoms with Gasteiger partial charge in [-0.2, -0.15) is 9.97 Å². The van der Waals surface area contributed by atoms with Crippen LogP contribution in [0.15, 0.2) is 47.4 Å². The van der Waals surface area contributed by atoms with Gasteiger partial charge in [0.05, 0.1) is 27.4 Å². The number of aromatic nitrogens is 3. The van der Waals surface area contributed by atoms with Crippen LogP contribution in [-0.2, 0) is 22.6 Å². The predicted molar refractivity (Wildman–Crippen MR) is 121 cm³/mol. The molecule has 2 heterocycles. The number of benzene rings is 1. The van der Waals surface area contributed by atoms with Gasteiger partial charge in [0.1, 0.15) is 0 Å². The summed E-state index contributed by atoms with van der Waals surface area (Å²) < 4.78 is 46.8. The van der Waals surface area contributed by atoms with E-state index >= 15 is 0 Å². The molecule has 0 radical (unpaired) electrons. The van der Waals surface area contributed by atoms with Crippen LogP contribution in [0.4, 0.5) is 4.39 Å². The lowest BCUT2D eigenvalue weighted by molar-refractivity contribution is 0.410. The van der Waals surface area contributed by atoms with Gasteiger partial charge in [0, 0.05) is 24.9 Å². The Balaban J connectivity index is 2.11. The molecular weight excluding hydrogens is 457 g/mol. The highest BCUT2D eigenvalue weighted by Gasteiger charge is 2.24. The Morgan fingerprint density at radius 2 is 1.88 bits per heavy atom. The van der Waals surface area contributed by atoms with Crippen molar-refractivity contribution in [2.24, 2.45) is 7.05 Å². The van der Waals surface area contributed by atoms with Crippen molar-refractivity contribution < 1.29 is 17.5 Å². The van der Waals surface area contributed by atoms with E-state index in [9.17, 15) is 17.6 Å². The van der Waals surface area contributed by atoms with E-state index in [-0.39, 0.29) is 33.8 Å². The van der Waals surface area contributed by atoms with E-state index in [1.165, 1.54) is 34.9 Å². The van der Waals surface area contributed by atoms with Crippen LogP contribution in [0.25, 0.3) is 11.3 Å². The lowest BCUT2D eigenvalue weighted by Gasteiger charge is -2.15. The van der Waals surface area contributed by atoms with E-state index in [0.717, 1.165) is 0 Å². The molecule has 0 fully saturated rings. The third-order valence-electron chi connectivity index (χ3n) is 5.02. The van der Waals surface area contributed by atoms with Crippen molar-refractivity contribution in [3.63, 3.8) is 0 Å². The molecule has 170 valence electrons. The number of ether oxygens (including phenoxy) is 1. The number of hydrogen-bond donors (Lipinski definition) is 0. The van der Waals surface area contributed by atoms with Crippen LogP contribution in [0.3, 0.4) is 0 Å². The molecule has 0 saturated heterocycles. The molecule has 3 rings (SSSR count). The fourth-order valence-electron chi connectivity index (χ4n) is 3.28. The summed E-state index contributed by atoms with van der Waals surface area (Å²) in [6, 6.07) is 8.26. The number of rotatable bonds is 8. The molecule has 0 aliphatic heterocycles. The van der Waals surface area contributed by atoms with Gasteiger partial charge >= 0.3 is 6.01 Å². The molecule has 0 bridgehead atoms. The molecule has 0 unspecified atom stereocenters. The Kier molecular flexibility index (Phi) is 7.30. The first-order valence-electron chi connectivity index (χ1n) is 10.0. The molecule has 0 aliphatic rings. The zero-order valence-corrected chi connectivity index (χ0v) is 19.5. The van der Waals surface area contributed by atoms with Crippen molar-refractivity contribution >= 4 is 21.4 Å². The summed E-state index contributed by atoms with van der Waals surface area (Å²) in [7, 11) is -1.91. The molecular formula is C22H23ClFN3O4S. The molecule has 3 aromatic rings. The second-order valence-corrected chi connectivity index (χ2v) is 9.98. The lowest BCUT2D eigenvalue weighted by Crippen LogP contribution is -2.22. The lowest BCUT2D eigenvalue weighted by atomic mass is 10.2. The monoisotopic (exact) mass is 479 g/mol. The van der Waals surface area contributed by atoms with E-state index in [1.54, 1.807) is 19.3 Å². The van der Waals surface area contributed by atoms with Crippen LogP contribution >= 0.6 is 11.6 Å². The van der Waals surface area contributed by atoms with Gasteiger partial charge < -0.3 is 9.30 Å². The Bertz CT molecular complexity index is 1270. The molecule has 2 aromatic heterocycles. The fourth-order valence-corrected chi connectivity index (χ4v) is 5.29. The minimum absolute atomic E-state index is 0.0207. The van der Waals surface area contributed by atoms with Crippen molar-refractivity contribution in [1.29, 1.82) is 0 Å². The van der Waals surface area contributed by atoms with Crippen LogP contribution in [0.2, 0.25) is 5.02 Å². The maximum Gasteiger partial charge on any atom is 0.322 e. The standard InChI is InChI=1S/C22H23ClFN3O4S/c1-4-16(5-2)32(29,30)13-15-11-19(14-9-10-20(28)27(3)12-14)26-22(25-15)31-21-17(23)7-6-8-18(21)24/h6-12,16H,4-5,13H2,1-3H3. The number of para-hydroxylation sites is 1. The number of halogens is 2. The van der Waals surface area contributed by atoms with Crippen LogP contribution in [0.5, 0.6) is 11.8 Å². The third-order valence-corrected chi connectivity index (χ3v) is 7.70. The van der Waals surface area contributed by atoms with Gasteiger partial charge in [-0.05, 0) is 37.1 Å². The van der Waals surface area contributed by atoms with Crippen molar-refractivity contribution in [2.75, 3.05) is 0 Å². The first-order valence-corrected chi connectivity index (χ1v) is 12.1.